The highest BCUT2D eigenvalue weighted by Gasteiger charge is 2.60. The van der Waals surface area contributed by atoms with Crippen molar-refractivity contribution in [2.24, 2.45) is 0 Å². The standard InChI is InChI=1S/C44H48N4O/c1-8-43(7)44(9-2,47-26-15-14-20-37(47)38-29-41(42(4,5)6)45-48(38)43)24-16-25-46-35-19-12-10-17-31(35)22-23-36(46)33-28-34-32-18-11-13-21-39(32)49-40(34)27-30(33)3/h10-15,17-23,26-29H,8-9,16,24-25H2,1-7H3/q+2. The van der Waals surface area contributed by atoms with E-state index < -0.39 is 0 Å². The first-order valence-corrected chi connectivity index (χ1v) is 18.1. The summed E-state index contributed by atoms with van der Waals surface area (Å²) in [6.45, 7) is 17.1. The van der Waals surface area contributed by atoms with Crippen LogP contribution in [0.3, 0.4) is 0 Å². The minimum atomic E-state index is -0.199. The fourth-order valence-corrected chi connectivity index (χ4v) is 8.80. The van der Waals surface area contributed by atoms with Gasteiger partial charge in [0.25, 0.3) is 0 Å². The first-order chi connectivity index (χ1) is 23.6. The van der Waals surface area contributed by atoms with Crippen molar-refractivity contribution in [2.75, 3.05) is 0 Å². The van der Waals surface area contributed by atoms with Crippen LogP contribution in [0.4, 0.5) is 0 Å². The number of fused-ring (bicyclic) bond motifs is 7. The highest BCUT2D eigenvalue weighted by atomic mass is 16.3. The second kappa shape index (κ2) is 11.4. The second-order valence-electron chi connectivity index (χ2n) is 15.3. The van der Waals surface area contributed by atoms with Crippen molar-refractivity contribution in [3.63, 3.8) is 0 Å². The molecule has 0 fully saturated rings. The molecule has 8 rings (SSSR count). The van der Waals surface area contributed by atoms with E-state index in [1.54, 1.807) is 0 Å². The number of benzene rings is 3. The summed E-state index contributed by atoms with van der Waals surface area (Å²) in [5, 5.41) is 8.98. The average molecular weight is 649 g/mol. The van der Waals surface area contributed by atoms with Gasteiger partial charge in [-0.05, 0) is 68.3 Å². The fourth-order valence-electron chi connectivity index (χ4n) is 8.80. The molecular formula is C44H48N4O+2. The van der Waals surface area contributed by atoms with E-state index in [0.717, 1.165) is 54.5 Å². The molecule has 0 bridgehead atoms. The van der Waals surface area contributed by atoms with E-state index in [0.29, 0.717) is 0 Å². The number of hydrogen-bond acceptors (Lipinski definition) is 2. The minimum absolute atomic E-state index is 0.0290. The molecule has 2 atom stereocenters. The summed E-state index contributed by atoms with van der Waals surface area (Å²) < 4.78 is 13.8. The van der Waals surface area contributed by atoms with Crippen LogP contribution in [0.15, 0.2) is 108 Å². The smallest absolute Gasteiger partial charge is 0.231 e. The van der Waals surface area contributed by atoms with Crippen molar-refractivity contribution in [1.82, 2.24) is 9.78 Å². The van der Waals surface area contributed by atoms with Gasteiger partial charge in [0.2, 0.25) is 16.9 Å². The minimum Gasteiger partial charge on any atom is -0.456 e. The summed E-state index contributed by atoms with van der Waals surface area (Å²) in [7, 11) is 0. The number of aryl methyl sites for hydroxylation is 2. The van der Waals surface area contributed by atoms with E-state index in [4.69, 9.17) is 9.52 Å². The molecule has 1 aliphatic rings. The Balaban J connectivity index is 1.24. The Morgan fingerprint density at radius 1 is 0.796 bits per heavy atom. The average Bonchev–Trinajstić information content (AvgIpc) is 3.72. The Morgan fingerprint density at radius 2 is 1.57 bits per heavy atom. The second-order valence-corrected chi connectivity index (χ2v) is 15.3. The summed E-state index contributed by atoms with van der Waals surface area (Å²) in [6.07, 6.45) is 6.38. The number of hydrogen-bond donors (Lipinski definition) is 0. The SMILES string of the molecule is CCC1(C)n2nc(C(C)(C)C)cc2-c2cccc[n+]2C1(CC)CCC[n+]1c(-c2cc3c(cc2C)oc2ccccc23)ccc2ccccc21. The molecule has 248 valence electrons. The monoisotopic (exact) mass is 648 g/mol. The maximum atomic E-state index is 6.27. The molecule has 0 aliphatic carbocycles. The zero-order valence-electron chi connectivity index (χ0n) is 30.0. The van der Waals surface area contributed by atoms with Crippen LogP contribution in [-0.2, 0) is 23.0 Å². The van der Waals surface area contributed by atoms with Crippen molar-refractivity contribution in [1.29, 1.82) is 0 Å². The number of para-hydroxylation sites is 2. The molecule has 0 spiro atoms. The van der Waals surface area contributed by atoms with E-state index in [9.17, 15) is 0 Å². The van der Waals surface area contributed by atoms with Crippen LogP contribution >= 0.6 is 0 Å². The Kier molecular flexibility index (Phi) is 7.33. The van der Waals surface area contributed by atoms with E-state index in [1.807, 2.05) is 6.07 Å². The number of rotatable bonds is 7. The summed E-state index contributed by atoms with van der Waals surface area (Å²) >= 11 is 0. The van der Waals surface area contributed by atoms with E-state index in [1.165, 1.54) is 44.5 Å². The zero-order valence-corrected chi connectivity index (χ0v) is 30.0. The van der Waals surface area contributed by atoms with Gasteiger partial charge in [0.05, 0.1) is 5.69 Å². The van der Waals surface area contributed by atoms with Crippen LogP contribution in [0.5, 0.6) is 0 Å². The molecule has 0 amide bonds. The van der Waals surface area contributed by atoms with Crippen molar-refractivity contribution >= 4 is 32.8 Å². The lowest BCUT2D eigenvalue weighted by Crippen LogP contribution is -2.71. The third kappa shape index (κ3) is 4.69. The normalized spacial score (nSPS) is 19.1. The van der Waals surface area contributed by atoms with Gasteiger partial charge in [-0.1, -0.05) is 65.0 Å². The van der Waals surface area contributed by atoms with Gasteiger partial charge in [-0.2, -0.15) is 14.2 Å². The first-order valence-electron chi connectivity index (χ1n) is 18.1. The molecule has 4 aromatic heterocycles. The maximum absolute atomic E-state index is 6.27. The largest absolute Gasteiger partial charge is 0.456 e. The molecule has 3 aromatic carbocycles. The third-order valence-electron chi connectivity index (χ3n) is 11.7. The molecule has 0 N–H and O–H groups in total. The molecule has 5 nitrogen and oxygen atoms in total. The van der Waals surface area contributed by atoms with Gasteiger partial charge in [0.15, 0.2) is 11.7 Å². The molecule has 49 heavy (non-hydrogen) atoms. The van der Waals surface area contributed by atoms with Gasteiger partial charge < -0.3 is 4.42 Å². The Morgan fingerprint density at radius 3 is 2.37 bits per heavy atom. The summed E-state index contributed by atoms with van der Waals surface area (Å²) in [5.41, 5.74) is 10.1. The van der Waals surface area contributed by atoms with Gasteiger partial charge in [0, 0.05) is 70.7 Å². The predicted octanol–water partition coefficient (Wildman–Crippen LogP) is 10.2. The molecule has 0 saturated carbocycles. The molecule has 5 heteroatoms. The van der Waals surface area contributed by atoms with Gasteiger partial charge in [-0.3, -0.25) is 0 Å². The molecule has 5 heterocycles. The first kappa shape index (κ1) is 31.5. The van der Waals surface area contributed by atoms with E-state index in [2.05, 4.69) is 159 Å². The molecule has 1 aliphatic heterocycles. The van der Waals surface area contributed by atoms with Crippen molar-refractivity contribution in [3.8, 4) is 22.6 Å². The highest BCUT2D eigenvalue weighted by Crippen LogP contribution is 2.48. The summed E-state index contributed by atoms with van der Waals surface area (Å²) in [4.78, 5) is 0. The maximum Gasteiger partial charge on any atom is 0.231 e. The van der Waals surface area contributed by atoms with Crippen LogP contribution < -0.4 is 9.13 Å². The predicted molar refractivity (Wildman–Crippen MR) is 200 cm³/mol. The summed E-state index contributed by atoms with van der Waals surface area (Å²) in [5.74, 6) is 0. The van der Waals surface area contributed by atoms with Crippen molar-refractivity contribution in [2.45, 2.75) is 97.2 Å². The Bertz CT molecular complexity index is 2370. The molecule has 0 saturated heterocycles. The Labute approximate surface area is 289 Å². The number of aromatic nitrogens is 4. The summed E-state index contributed by atoms with van der Waals surface area (Å²) in [6, 6.07) is 35.3. The van der Waals surface area contributed by atoms with Crippen LogP contribution in [0, 0.1) is 6.92 Å². The highest BCUT2D eigenvalue weighted by molar-refractivity contribution is 6.06. The van der Waals surface area contributed by atoms with Gasteiger partial charge in [-0.25, -0.2) is 4.68 Å². The quantitative estimate of drug-likeness (QED) is 0.161. The number of furan rings is 1. The lowest BCUT2D eigenvalue weighted by Gasteiger charge is -2.47. The Hall–Kier alpha value is -4.77. The molecule has 0 radical (unpaired) electrons. The van der Waals surface area contributed by atoms with Gasteiger partial charge >= 0.3 is 0 Å². The number of nitrogens with zero attached hydrogens (tertiary/aromatic N) is 4. The van der Waals surface area contributed by atoms with Gasteiger partial charge in [0.1, 0.15) is 28.9 Å². The third-order valence-corrected chi connectivity index (χ3v) is 11.7. The van der Waals surface area contributed by atoms with Crippen molar-refractivity contribution < 1.29 is 13.6 Å². The van der Waals surface area contributed by atoms with E-state index >= 15 is 0 Å². The van der Waals surface area contributed by atoms with E-state index in [-0.39, 0.29) is 16.5 Å². The van der Waals surface area contributed by atoms with Crippen LogP contribution in [0.25, 0.3) is 55.5 Å². The number of pyridine rings is 2. The molecular weight excluding hydrogens is 601 g/mol. The van der Waals surface area contributed by atoms with Gasteiger partial charge in [-0.15, -0.1) is 0 Å². The topological polar surface area (TPSA) is 38.7 Å². The lowest BCUT2D eigenvalue weighted by atomic mass is 9.69. The van der Waals surface area contributed by atoms with Crippen LogP contribution in [0.2, 0.25) is 0 Å². The van der Waals surface area contributed by atoms with Crippen LogP contribution in [-0.4, -0.2) is 9.78 Å². The van der Waals surface area contributed by atoms with Crippen LogP contribution in [0.1, 0.15) is 78.5 Å². The lowest BCUT2D eigenvalue weighted by molar-refractivity contribution is -0.776. The fraction of sp³-hybridized carbons (Fsp3) is 0.341. The molecule has 7 aromatic rings. The van der Waals surface area contributed by atoms with Crippen molar-refractivity contribution in [3.05, 3.63) is 115 Å². The molecule has 2 unspecified atom stereocenters. The zero-order chi connectivity index (χ0) is 34.1.